The summed E-state index contributed by atoms with van der Waals surface area (Å²) < 4.78 is 11.0. The van der Waals surface area contributed by atoms with Crippen molar-refractivity contribution in [2.45, 2.75) is 27.2 Å². The molecule has 140 valence electrons. The van der Waals surface area contributed by atoms with Crippen molar-refractivity contribution in [1.82, 2.24) is 10.6 Å². The number of urea groups is 1. The summed E-state index contributed by atoms with van der Waals surface area (Å²) in [6, 6.07) is 11.8. The lowest BCUT2D eigenvalue weighted by Gasteiger charge is -2.12. The topological polar surface area (TPSA) is 59.6 Å². The van der Waals surface area contributed by atoms with E-state index in [1.807, 2.05) is 37.3 Å². The van der Waals surface area contributed by atoms with E-state index in [2.05, 4.69) is 30.5 Å². The SMILES string of the molecule is COc1cccc(CCNC(=O)NCCOc2cc(C)c(C)cc2C)c1. The van der Waals surface area contributed by atoms with Crippen molar-refractivity contribution in [3.05, 3.63) is 58.7 Å². The Labute approximate surface area is 155 Å². The van der Waals surface area contributed by atoms with E-state index in [4.69, 9.17) is 9.47 Å². The highest BCUT2D eigenvalue weighted by molar-refractivity contribution is 5.73. The highest BCUT2D eigenvalue weighted by Crippen LogP contribution is 2.22. The zero-order valence-electron chi connectivity index (χ0n) is 16.0. The lowest BCUT2D eigenvalue weighted by molar-refractivity contribution is 0.236. The van der Waals surface area contributed by atoms with E-state index in [-0.39, 0.29) is 6.03 Å². The maximum atomic E-state index is 11.8. The first-order valence-corrected chi connectivity index (χ1v) is 8.85. The van der Waals surface area contributed by atoms with E-state index in [1.54, 1.807) is 7.11 Å². The normalized spacial score (nSPS) is 10.3. The Bertz CT molecular complexity index is 744. The molecule has 2 amide bonds. The predicted molar refractivity (Wildman–Crippen MR) is 104 cm³/mol. The average molecular weight is 356 g/mol. The molecular formula is C21H28N2O3. The molecule has 26 heavy (non-hydrogen) atoms. The van der Waals surface area contributed by atoms with Crippen molar-refractivity contribution in [3.8, 4) is 11.5 Å². The van der Waals surface area contributed by atoms with Gasteiger partial charge in [-0.1, -0.05) is 18.2 Å². The maximum Gasteiger partial charge on any atom is 0.314 e. The third kappa shape index (κ3) is 5.99. The Morgan fingerprint density at radius 3 is 2.46 bits per heavy atom. The van der Waals surface area contributed by atoms with Crippen LogP contribution < -0.4 is 20.1 Å². The Morgan fingerprint density at radius 2 is 1.69 bits per heavy atom. The van der Waals surface area contributed by atoms with Gasteiger partial charge in [0.25, 0.3) is 0 Å². The Hall–Kier alpha value is -2.69. The highest BCUT2D eigenvalue weighted by Gasteiger charge is 2.04. The number of ether oxygens (including phenoxy) is 2. The molecule has 0 heterocycles. The van der Waals surface area contributed by atoms with Gasteiger partial charge < -0.3 is 20.1 Å². The number of carbonyl (C=O) groups is 1. The van der Waals surface area contributed by atoms with E-state index in [1.165, 1.54) is 11.1 Å². The number of rotatable bonds is 8. The first-order chi connectivity index (χ1) is 12.5. The summed E-state index contributed by atoms with van der Waals surface area (Å²) in [5, 5.41) is 5.66. The van der Waals surface area contributed by atoms with Gasteiger partial charge in [-0.15, -0.1) is 0 Å². The van der Waals surface area contributed by atoms with Crippen LogP contribution in [-0.4, -0.2) is 32.8 Å². The van der Waals surface area contributed by atoms with Crippen LogP contribution in [0.1, 0.15) is 22.3 Å². The van der Waals surface area contributed by atoms with Crippen LogP contribution in [-0.2, 0) is 6.42 Å². The summed E-state index contributed by atoms with van der Waals surface area (Å²) in [5.74, 6) is 1.69. The lowest BCUT2D eigenvalue weighted by Crippen LogP contribution is -2.38. The molecule has 0 spiro atoms. The fourth-order valence-electron chi connectivity index (χ4n) is 2.63. The molecule has 5 heteroatoms. The molecule has 0 radical (unpaired) electrons. The van der Waals surface area contributed by atoms with Gasteiger partial charge in [0.15, 0.2) is 0 Å². The Morgan fingerprint density at radius 1 is 0.962 bits per heavy atom. The standard InChI is InChI=1S/C21H28N2O3/c1-15-12-17(3)20(13-16(15)2)26-11-10-23-21(24)22-9-8-18-6-5-7-19(14-18)25-4/h5-7,12-14H,8-11H2,1-4H3,(H2,22,23,24). The van der Waals surface area contributed by atoms with Crippen LogP contribution in [0.3, 0.4) is 0 Å². The van der Waals surface area contributed by atoms with Crippen molar-refractivity contribution in [3.63, 3.8) is 0 Å². The van der Waals surface area contributed by atoms with Crippen molar-refractivity contribution >= 4 is 6.03 Å². The molecule has 2 rings (SSSR count). The molecule has 0 unspecified atom stereocenters. The van der Waals surface area contributed by atoms with Crippen LogP contribution >= 0.6 is 0 Å². The molecule has 0 aliphatic carbocycles. The average Bonchev–Trinajstić information content (AvgIpc) is 2.63. The number of carbonyl (C=O) groups excluding carboxylic acids is 1. The number of benzene rings is 2. The van der Waals surface area contributed by atoms with E-state index in [9.17, 15) is 4.79 Å². The second kappa shape index (κ2) is 9.70. The van der Waals surface area contributed by atoms with Gasteiger partial charge in [-0.05, 0) is 67.6 Å². The molecule has 0 aliphatic rings. The third-order valence-corrected chi connectivity index (χ3v) is 4.27. The fourth-order valence-corrected chi connectivity index (χ4v) is 2.63. The first kappa shape index (κ1) is 19.6. The van der Waals surface area contributed by atoms with Crippen LogP contribution in [0.2, 0.25) is 0 Å². The number of hydrogen-bond donors (Lipinski definition) is 2. The number of methoxy groups -OCH3 is 1. The number of nitrogens with one attached hydrogen (secondary N) is 2. The van der Waals surface area contributed by atoms with Gasteiger partial charge in [0.1, 0.15) is 18.1 Å². The second-order valence-corrected chi connectivity index (χ2v) is 6.33. The fraction of sp³-hybridized carbons (Fsp3) is 0.381. The van der Waals surface area contributed by atoms with Crippen molar-refractivity contribution in [1.29, 1.82) is 0 Å². The molecule has 5 nitrogen and oxygen atoms in total. The Balaban J connectivity index is 1.65. The summed E-state index contributed by atoms with van der Waals surface area (Å²) in [6.45, 7) is 7.64. The molecule has 2 aromatic rings. The third-order valence-electron chi connectivity index (χ3n) is 4.27. The van der Waals surface area contributed by atoms with Crippen LogP contribution in [0.25, 0.3) is 0 Å². The van der Waals surface area contributed by atoms with Gasteiger partial charge in [0.05, 0.1) is 13.7 Å². The van der Waals surface area contributed by atoms with Crippen LogP contribution in [0.15, 0.2) is 36.4 Å². The second-order valence-electron chi connectivity index (χ2n) is 6.33. The van der Waals surface area contributed by atoms with Crippen LogP contribution in [0, 0.1) is 20.8 Å². The number of aryl methyl sites for hydroxylation is 3. The summed E-state index contributed by atoms with van der Waals surface area (Å²) in [7, 11) is 1.65. The molecule has 0 bridgehead atoms. The summed E-state index contributed by atoms with van der Waals surface area (Å²) in [4.78, 5) is 11.8. The van der Waals surface area contributed by atoms with Crippen LogP contribution in [0.5, 0.6) is 11.5 Å². The zero-order chi connectivity index (χ0) is 18.9. The molecule has 0 saturated carbocycles. The smallest absolute Gasteiger partial charge is 0.314 e. The first-order valence-electron chi connectivity index (χ1n) is 8.85. The highest BCUT2D eigenvalue weighted by atomic mass is 16.5. The molecule has 2 aromatic carbocycles. The molecule has 0 atom stereocenters. The summed E-state index contributed by atoms with van der Waals surface area (Å²) in [6.07, 6.45) is 0.753. The minimum Gasteiger partial charge on any atom is -0.497 e. The van der Waals surface area contributed by atoms with Gasteiger partial charge >= 0.3 is 6.03 Å². The van der Waals surface area contributed by atoms with Crippen molar-refractivity contribution in [2.75, 3.05) is 26.8 Å². The monoisotopic (exact) mass is 356 g/mol. The predicted octanol–water partition coefficient (Wildman–Crippen LogP) is 3.54. The van der Waals surface area contributed by atoms with Gasteiger partial charge in [0.2, 0.25) is 0 Å². The molecular weight excluding hydrogens is 328 g/mol. The van der Waals surface area contributed by atoms with Gasteiger partial charge in [-0.3, -0.25) is 0 Å². The molecule has 0 aromatic heterocycles. The maximum absolute atomic E-state index is 11.8. The van der Waals surface area contributed by atoms with E-state index in [0.717, 1.165) is 29.0 Å². The van der Waals surface area contributed by atoms with Crippen molar-refractivity contribution in [2.24, 2.45) is 0 Å². The largest absolute Gasteiger partial charge is 0.497 e. The summed E-state index contributed by atoms with van der Waals surface area (Å²) in [5.41, 5.74) is 4.69. The van der Waals surface area contributed by atoms with Gasteiger partial charge in [-0.25, -0.2) is 4.79 Å². The quantitative estimate of drug-likeness (QED) is 0.711. The molecule has 0 aliphatic heterocycles. The van der Waals surface area contributed by atoms with E-state index >= 15 is 0 Å². The van der Waals surface area contributed by atoms with Gasteiger partial charge in [0, 0.05) is 6.54 Å². The minimum absolute atomic E-state index is 0.187. The van der Waals surface area contributed by atoms with Crippen molar-refractivity contribution < 1.29 is 14.3 Å². The summed E-state index contributed by atoms with van der Waals surface area (Å²) >= 11 is 0. The van der Waals surface area contributed by atoms with Gasteiger partial charge in [-0.2, -0.15) is 0 Å². The molecule has 0 fully saturated rings. The van der Waals surface area contributed by atoms with E-state index in [0.29, 0.717) is 19.7 Å². The molecule has 2 N–H and O–H groups in total. The minimum atomic E-state index is -0.187. The molecule has 0 saturated heterocycles. The van der Waals surface area contributed by atoms with E-state index < -0.39 is 0 Å². The zero-order valence-corrected chi connectivity index (χ0v) is 16.0. The van der Waals surface area contributed by atoms with Crippen LogP contribution in [0.4, 0.5) is 4.79 Å². The number of hydrogen-bond acceptors (Lipinski definition) is 3. The number of amides is 2. The Kier molecular flexibility index (Phi) is 7.33. The lowest BCUT2D eigenvalue weighted by atomic mass is 10.1.